The van der Waals surface area contributed by atoms with Crippen LogP contribution in [-0.2, 0) is 14.8 Å². The summed E-state index contributed by atoms with van der Waals surface area (Å²) < 4.78 is 47.9. The Bertz CT molecular complexity index is 1590. The van der Waals surface area contributed by atoms with Crippen molar-refractivity contribution in [2.45, 2.75) is 0 Å². The average molecular weight is 577 g/mol. The maximum absolute atomic E-state index is 14.5. The van der Waals surface area contributed by atoms with Gasteiger partial charge in [0.25, 0.3) is 0 Å². The van der Waals surface area contributed by atoms with Crippen LogP contribution in [0.4, 0.5) is 21.6 Å². The molecule has 198 valence electrons. The van der Waals surface area contributed by atoms with Gasteiger partial charge in [-0.15, -0.1) is 0 Å². The third-order valence-corrected chi connectivity index (χ3v) is 7.90. The highest BCUT2D eigenvalue weighted by Crippen LogP contribution is 2.32. The summed E-state index contributed by atoms with van der Waals surface area (Å²) in [6.45, 7) is 2.96. The SMILES string of the molecule is O=S(=O)(CCN1CCOCC1)Nc1cc(-c2ccc3ncnc(Nc4cccc(Cl)c4F)c3c2)cnc1Cl. The third-order valence-electron chi connectivity index (χ3n) is 6.06. The maximum atomic E-state index is 14.5. The minimum Gasteiger partial charge on any atom is -0.379 e. The van der Waals surface area contributed by atoms with Gasteiger partial charge in [0.05, 0.1) is 40.9 Å². The van der Waals surface area contributed by atoms with Gasteiger partial charge in [-0.1, -0.05) is 35.3 Å². The molecule has 1 aliphatic rings. The number of pyridine rings is 1. The molecule has 2 aromatic heterocycles. The van der Waals surface area contributed by atoms with Gasteiger partial charge in [-0.3, -0.25) is 9.62 Å². The number of nitrogens with one attached hydrogen (secondary N) is 2. The molecule has 9 nitrogen and oxygen atoms in total. The molecule has 0 bridgehead atoms. The van der Waals surface area contributed by atoms with Gasteiger partial charge in [0.15, 0.2) is 11.0 Å². The largest absolute Gasteiger partial charge is 0.379 e. The molecule has 2 N–H and O–H groups in total. The highest BCUT2D eigenvalue weighted by Gasteiger charge is 2.18. The van der Waals surface area contributed by atoms with E-state index in [0.717, 1.165) is 0 Å². The number of sulfonamides is 1. The zero-order valence-corrected chi connectivity index (χ0v) is 22.3. The first-order chi connectivity index (χ1) is 18.3. The monoisotopic (exact) mass is 576 g/mol. The van der Waals surface area contributed by atoms with Gasteiger partial charge in [0.2, 0.25) is 10.0 Å². The number of benzene rings is 2. The molecule has 0 spiro atoms. The zero-order chi connectivity index (χ0) is 26.7. The summed E-state index contributed by atoms with van der Waals surface area (Å²) in [5.74, 6) is -0.302. The van der Waals surface area contributed by atoms with E-state index >= 15 is 0 Å². The Morgan fingerprint density at radius 3 is 2.63 bits per heavy atom. The van der Waals surface area contributed by atoms with Crippen LogP contribution in [0.1, 0.15) is 0 Å². The first-order valence-corrected chi connectivity index (χ1v) is 14.1. The van der Waals surface area contributed by atoms with E-state index in [1.54, 1.807) is 30.5 Å². The number of fused-ring (bicyclic) bond motifs is 1. The molecule has 0 aliphatic carbocycles. The summed E-state index contributed by atoms with van der Waals surface area (Å²) in [7, 11) is -3.67. The predicted octanol–water partition coefficient (Wildman–Crippen LogP) is 4.96. The Hall–Kier alpha value is -3.09. The number of morpholine rings is 1. The van der Waals surface area contributed by atoms with Crippen molar-refractivity contribution in [2.75, 3.05) is 48.6 Å². The van der Waals surface area contributed by atoms with Crippen molar-refractivity contribution in [3.8, 4) is 11.1 Å². The second-order valence-electron chi connectivity index (χ2n) is 8.62. The van der Waals surface area contributed by atoms with Crippen molar-refractivity contribution in [3.63, 3.8) is 0 Å². The van der Waals surface area contributed by atoms with Gasteiger partial charge >= 0.3 is 0 Å². The molecule has 38 heavy (non-hydrogen) atoms. The average Bonchev–Trinajstić information content (AvgIpc) is 2.92. The standard InChI is InChI=1S/C25H23Cl2FN6O3S/c26-19-2-1-3-21(23(19)28)32-25-18-12-16(4-5-20(18)30-15-31-25)17-13-22(24(27)29-14-17)33-38(35,36)11-8-34-6-9-37-10-7-34/h1-5,12-15,33H,6-11H2,(H,30,31,32). The molecule has 0 radical (unpaired) electrons. The molecule has 1 fully saturated rings. The summed E-state index contributed by atoms with van der Waals surface area (Å²) >= 11 is 12.1. The number of halogens is 3. The Morgan fingerprint density at radius 2 is 1.82 bits per heavy atom. The van der Waals surface area contributed by atoms with Crippen LogP contribution in [0.25, 0.3) is 22.0 Å². The lowest BCUT2D eigenvalue weighted by molar-refractivity contribution is 0.0408. The highest BCUT2D eigenvalue weighted by molar-refractivity contribution is 7.92. The maximum Gasteiger partial charge on any atom is 0.234 e. The van der Waals surface area contributed by atoms with Crippen LogP contribution in [0, 0.1) is 5.82 Å². The minimum absolute atomic E-state index is 0.0128. The second-order valence-corrected chi connectivity index (χ2v) is 11.2. The van der Waals surface area contributed by atoms with E-state index in [4.69, 9.17) is 27.9 Å². The Kier molecular flexibility index (Phi) is 7.91. The molecule has 0 amide bonds. The number of nitrogens with zero attached hydrogens (tertiary/aromatic N) is 4. The summed E-state index contributed by atoms with van der Waals surface area (Å²) in [5, 5.41) is 3.62. The van der Waals surface area contributed by atoms with Gasteiger partial charge in [-0.05, 0) is 35.9 Å². The lowest BCUT2D eigenvalue weighted by Gasteiger charge is -2.26. The summed E-state index contributed by atoms with van der Waals surface area (Å²) in [6.07, 6.45) is 2.92. The zero-order valence-electron chi connectivity index (χ0n) is 20.0. The van der Waals surface area contributed by atoms with Gasteiger partial charge in [-0.25, -0.2) is 27.8 Å². The van der Waals surface area contributed by atoms with E-state index < -0.39 is 15.8 Å². The summed E-state index contributed by atoms with van der Waals surface area (Å²) in [5.41, 5.74) is 2.30. The molecule has 0 unspecified atom stereocenters. The van der Waals surface area contributed by atoms with Crippen molar-refractivity contribution in [3.05, 3.63) is 71.0 Å². The normalized spacial score (nSPS) is 14.5. The van der Waals surface area contributed by atoms with E-state index in [-0.39, 0.29) is 27.3 Å². The Morgan fingerprint density at radius 1 is 1.00 bits per heavy atom. The minimum atomic E-state index is -3.67. The lowest BCUT2D eigenvalue weighted by atomic mass is 10.0. The van der Waals surface area contributed by atoms with Crippen LogP contribution in [-0.4, -0.2) is 66.9 Å². The quantitative estimate of drug-likeness (QED) is 0.283. The number of ether oxygens (including phenoxy) is 1. The van der Waals surface area contributed by atoms with Crippen molar-refractivity contribution in [1.82, 2.24) is 19.9 Å². The van der Waals surface area contributed by atoms with Crippen LogP contribution < -0.4 is 10.0 Å². The number of aromatic nitrogens is 3. The molecular formula is C25H23Cl2FN6O3S. The van der Waals surface area contributed by atoms with Crippen molar-refractivity contribution >= 4 is 61.3 Å². The molecule has 3 heterocycles. The smallest absolute Gasteiger partial charge is 0.234 e. The van der Waals surface area contributed by atoms with E-state index in [0.29, 0.717) is 60.7 Å². The van der Waals surface area contributed by atoms with Crippen LogP contribution >= 0.6 is 23.2 Å². The first-order valence-electron chi connectivity index (χ1n) is 11.7. The topological polar surface area (TPSA) is 109 Å². The molecule has 0 atom stereocenters. The number of hydrogen-bond donors (Lipinski definition) is 2. The van der Waals surface area contributed by atoms with Crippen LogP contribution in [0.15, 0.2) is 55.0 Å². The fourth-order valence-electron chi connectivity index (χ4n) is 4.03. The van der Waals surface area contributed by atoms with E-state index in [1.165, 1.54) is 12.4 Å². The highest BCUT2D eigenvalue weighted by atomic mass is 35.5. The number of anilines is 3. The second kappa shape index (κ2) is 11.3. The van der Waals surface area contributed by atoms with Crippen molar-refractivity contribution in [2.24, 2.45) is 0 Å². The molecule has 5 rings (SSSR count). The molecule has 2 aromatic carbocycles. The van der Waals surface area contributed by atoms with Gasteiger partial charge < -0.3 is 10.1 Å². The fourth-order valence-corrected chi connectivity index (χ4v) is 5.51. The number of hydrogen-bond acceptors (Lipinski definition) is 8. The molecule has 0 saturated carbocycles. The lowest BCUT2D eigenvalue weighted by Crippen LogP contribution is -2.39. The summed E-state index contributed by atoms with van der Waals surface area (Å²) in [4.78, 5) is 14.8. The first kappa shape index (κ1) is 26.5. The van der Waals surface area contributed by atoms with Crippen molar-refractivity contribution < 1.29 is 17.5 Å². The Balaban J connectivity index is 1.41. The third kappa shape index (κ3) is 6.13. The van der Waals surface area contributed by atoms with E-state index in [1.807, 2.05) is 17.0 Å². The van der Waals surface area contributed by atoms with Gasteiger partial charge in [0.1, 0.15) is 12.1 Å². The summed E-state index contributed by atoms with van der Waals surface area (Å²) in [6, 6.07) is 11.7. The molecule has 13 heteroatoms. The van der Waals surface area contributed by atoms with E-state index in [2.05, 4.69) is 25.0 Å². The molecular weight excluding hydrogens is 554 g/mol. The van der Waals surface area contributed by atoms with Crippen LogP contribution in [0.5, 0.6) is 0 Å². The van der Waals surface area contributed by atoms with Crippen LogP contribution in [0.3, 0.4) is 0 Å². The molecule has 1 aliphatic heterocycles. The Labute approximate surface area is 229 Å². The predicted molar refractivity (Wildman–Crippen MR) is 147 cm³/mol. The van der Waals surface area contributed by atoms with E-state index in [9.17, 15) is 12.8 Å². The van der Waals surface area contributed by atoms with Crippen LogP contribution in [0.2, 0.25) is 10.2 Å². The number of rotatable bonds is 8. The molecule has 1 saturated heterocycles. The van der Waals surface area contributed by atoms with Crippen molar-refractivity contribution in [1.29, 1.82) is 0 Å². The van der Waals surface area contributed by atoms with Gasteiger partial charge in [-0.2, -0.15) is 0 Å². The molecule has 4 aromatic rings. The van der Waals surface area contributed by atoms with Gasteiger partial charge in [0, 0.05) is 36.8 Å². The fraction of sp³-hybridized carbons (Fsp3) is 0.240.